The summed E-state index contributed by atoms with van der Waals surface area (Å²) in [4.78, 5) is 30.6. The van der Waals surface area contributed by atoms with Gasteiger partial charge in [0.15, 0.2) is 11.5 Å². The lowest BCUT2D eigenvalue weighted by molar-refractivity contribution is -0.129. The summed E-state index contributed by atoms with van der Waals surface area (Å²) in [7, 11) is 4.13. The second kappa shape index (κ2) is 14.4. The Morgan fingerprint density at radius 2 is 1.82 bits per heavy atom. The van der Waals surface area contributed by atoms with Crippen molar-refractivity contribution in [3.05, 3.63) is 53.6 Å². The van der Waals surface area contributed by atoms with E-state index >= 15 is 0 Å². The number of carbonyl (C=O) groups excluding carboxylic acids is 2. The Labute approximate surface area is 238 Å². The molecule has 0 bridgehead atoms. The first kappa shape index (κ1) is 29.7. The van der Waals surface area contributed by atoms with Gasteiger partial charge in [-0.05, 0) is 74.7 Å². The second-order valence-corrected chi connectivity index (χ2v) is 11.5. The van der Waals surface area contributed by atoms with Crippen molar-refractivity contribution in [2.75, 3.05) is 47.1 Å². The van der Waals surface area contributed by atoms with Crippen molar-refractivity contribution in [1.29, 1.82) is 0 Å². The summed E-state index contributed by atoms with van der Waals surface area (Å²) < 4.78 is 16.6. The van der Waals surface area contributed by atoms with E-state index in [9.17, 15) is 9.59 Å². The maximum Gasteiger partial charge on any atom is 0.242 e. The summed E-state index contributed by atoms with van der Waals surface area (Å²) in [5.74, 6) is 2.19. The molecule has 2 aromatic carbocycles. The van der Waals surface area contributed by atoms with Crippen molar-refractivity contribution in [3.8, 4) is 17.2 Å². The van der Waals surface area contributed by atoms with Gasteiger partial charge in [-0.1, -0.05) is 32.0 Å². The first-order valence-electron chi connectivity index (χ1n) is 14.3. The van der Waals surface area contributed by atoms with Gasteiger partial charge in [0.2, 0.25) is 18.6 Å². The summed E-state index contributed by atoms with van der Waals surface area (Å²) in [5.41, 5.74) is 2.04. The molecule has 2 N–H and O–H groups in total. The molecule has 2 amide bonds. The average molecular weight is 553 g/mol. The van der Waals surface area contributed by atoms with Gasteiger partial charge in [-0.25, -0.2) is 0 Å². The number of nitrogens with zero attached hydrogens (tertiary/aromatic N) is 2. The zero-order valence-corrected chi connectivity index (χ0v) is 24.3. The minimum atomic E-state index is -0.569. The van der Waals surface area contributed by atoms with E-state index in [-0.39, 0.29) is 37.0 Å². The number of benzene rings is 2. The van der Waals surface area contributed by atoms with Gasteiger partial charge in [0.25, 0.3) is 0 Å². The molecule has 0 unspecified atom stereocenters. The van der Waals surface area contributed by atoms with Gasteiger partial charge in [0.05, 0.1) is 13.0 Å². The van der Waals surface area contributed by atoms with Crippen LogP contribution in [0.2, 0.25) is 0 Å². The van der Waals surface area contributed by atoms with Crippen LogP contribution in [0.15, 0.2) is 42.5 Å². The van der Waals surface area contributed by atoms with Crippen LogP contribution < -0.4 is 24.8 Å². The van der Waals surface area contributed by atoms with Crippen molar-refractivity contribution in [2.45, 2.75) is 58.2 Å². The zero-order chi connectivity index (χ0) is 28.5. The van der Waals surface area contributed by atoms with Gasteiger partial charge in [-0.2, -0.15) is 0 Å². The molecule has 2 heterocycles. The van der Waals surface area contributed by atoms with Gasteiger partial charge < -0.3 is 29.7 Å². The largest absolute Gasteiger partial charge is 0.494 e. The zero-order valence-electron chi connectivity index (χ0n) is 24.3. The van der Waals surface area contributed by atoms with Gasteiger partial charge in [0.1, 0.15) is 11.8 Å². The minimum absolute atomic E-state index is 0.0622. The van der Waals surface area contributed by atoms with E-state index in [1.807, 2.05) is 30.3 Å². The molecule has 2 aromatic rings. The van der Waals surface area contributed by atoms with E-state index < -0.39 is 6.04 Å². The Balaban J connectivity index is 1.22. The number of amides is 2. The molecular formula is C31H44N4O5. The minimum Gasteiger partial charge on any atom is -0.494 e. The highest BCUT2D eigenvalue weighted by atomic mass is 16.7. The summed E-state index contributed by atoms with van der Waals surface area (Å²) in [5, 5.41) is 6.16. The normalized spacial score (nSPS) is 17.3. The third-order valence-corrected chi connectivity index (χ3v) is 7.13. The van der Waals surface area contributed by atoms with Crippen LogP contribution in [0.5, 0.6) is 17.2 Å². The average Bonchev–Trinajstić information content (AvgIpc) is 3.55. The van der Waals surface area contributed by atoms with Crippen LogP contribution >= 0.6 is 0 Å². The first-order valence-corrected chi connectivity index (χ1v) is 14.3. The van der Waals surface area contributed by atoms with Crippen LogP contribution in [-0.2, 0) is 22.6 Å². The Bertz CT molecular complexity index is 1120. The van der Waals surface area contributed by atoms with E-state index in [1.165, 1.54) is 5.56 Å². The van der Waals surface area contributed by atoms with Gasteiger partial charge >= 0.3 is 0 Å². The van der Waals surface area contributed by atoms with Crippen LogP contribution in [0.25, 0.3) is 0 Å². The van der Waals surface area contributed by atoms with E-state index in [0.717, 1.165) is 50.3 Å². The number of likely N-dealkylation sites (tertiary alicyclic amines) is 1. The molecule has 9 heteroatoms. The highest BCUT2D eigenvalue weighted by Crippen LogP contribution is 2.32. The maximum atomic E-state index is 13.2. The van der Waals surface area contributed by atoms with Crippen LogP contribution in [-0.4, -0.2) is 80.8 Å². The Kier molecular flexibility index (Phi) is 10.7. The molecular weight excluding hydrogens is 508 g/mol. The summed E-state index contributed by atoms with van der Waals surface area (Å²) in [6.45, 7) is 8.56. The molecule has 9 nitrogen and oxygen atoms in total. The van der Waals surface area contributed by atoms with Crippen molar-refractivity contribution >= 4 is 11.8 Å². The van der Waals surface area contributed by atoms with Gasteiger partial charge in [0, 0.05) is 32.2 Å². The van der Waals surface area contributed by atoms with Crippen LogP contribution in [0.4, 0.5) is 0 Å². The lowest BCUT2D eigenvalue weighted by Gasteiger charge is -2.23. The van der Waals surface area contributed by atoms with Gasteiger partial charge in [-0.3, -0.25) is 14.5 Å². The fourth-order valence-electron chi connectivity index (χ4n) is 5.10. The molecule has 0 aliphatic carbocycles. The topological polar surface area (TPSA) is 92.4 Å². The number of rotatable bonds is 14. The lowest BCUT2D eigenvalue weighted by Crippen LogP contribution is -2.51. The fourth-order valence-corrected chi connectivity index (χ4v) is 5.10. The highest BCUT2D eigenvalue weighted by Gasteiger charge is 2.28. The number of nitrogens with one attached hydrogen (secondary N) is 2. The predicted octanol–water partition coefficient (Wildman–Crippen LogP) is 3.21. The molecule has 0 spiro atoms. The van der Waals surface area contributed by atoms with Crippen molar-refractivity contribution in [3.63, 3.8) is 0 Å². The predicted molar refractivity (Wildman–Crippen MR) is 155 cm³/mol. The monoisotopic (exact) mass is 552 g/mol. The molecule has 2 atom stereocenters. The second-order valence-electron chi connectivity index (χ2n) is 11.5. The summed E-state index contributed by atoms with van der Waals surface area (Å²) in [6.07, 6.45) is 2.64. The van der Waals surface area contributed by atoms with Crippen LogP contribution in [0, 0.1) is 5.92 Å². The molecule has 1 fully saturated rings. The molecule has 0 aromatic heterocycles. The molecule has 40 heavy (non-hydrogen) atoms. The molecule has 1 saturated heterocycles. The third-order valence-electron chi connectivity index (χ3n) is 7.13. The number of carbonyl (C=O) groups is 2. The Morgan fingerprint density at radius 1 is 1.07 bits per heavy atom. The van der Waals surface area contributed by atoms with E-state index in [4.69, 9.17) is 14.2 Å². The molecule has 218 valence electrons. The molecule has 2 aliphatic heterocycles. The number of fused-ring (bicyclic) bond motifs is 1. The molecule has 2 aliphatic rings. The summed E-state index contributed by atoms with van der Waals surface area (Å²) in [6, 6.07) is 13.3. The maximum absolute atomic E-state index is 13.2. The van der Waals surface area contributed by atoms with E-state index in [0.29, 0.717) is 24.5 Å². The SMILES string of the molecule is CC(C)C[C@H](NC(=O)Cc1ccc2c(c1)OCO2)C(=O)N[C@H]1CCN(Cc2ccc(OCCCN(C)C)cc2)C1. The van der Waals surface area contributed by atoms with E-state index in [1.54, 1.807) is 0 Å². The molecule has 0 radical (unpaired) electrons. The van der Waals surface area contributed by atoms with Crippen molar-refractivity contribution < 1.29 is 23.8 Å². The van der Waals surface area contributed by atoms with Crippen molar-refractivity contribution in [1.82, 2.24) is 20.4 Å². The highest BCUT2D eigenvalue weighted by molar-refractivity contribution is 5.88. The Hall–Kier alpha value is -3.30. The third kappa shape index (κ3) is 9.13. The summed E-state index contributed by atoms with van der Waals surface area (Å²) >= 11 is 0. The van der Waals surface area contributed by atoms with Crippen molar-refractivity contribution in [2.24, 2.45) is 5.92 Å². The number of ether oxygens (including phenoxy) is 3. The van der Waals surface area contributed by atoms with Crippen LogP contribution in [0.3, 0.4) is 0 Å². The lowest BCUT2D eigenvalue weighted by atomic mass is 10.0. The Morgan fingerprint density at radius 3 is 2.58 bits per heavy atom. The quantitative estimate of drug-likeness (QED) is 0.348. The van der Waals surface area contributed by atoms with Gasteiger partial charge in [-0.15, -0.1) is 0 Å². The smallest absolute Gasteiger partial charge is 0.242 e. The van der Waals surface area contributed by atoms with Crippen LogP contribution in [0.1, 0.15) is 44.2 Å². The van der Waals surface area contributed by atoms with E-state index in [2.05, 4.69) is 60.5 Å². The molecule has 4 rings (SSSR count). The fraction of sp³-hybridized carbons (Fsp3) is 0.548. The number of hydrogen-bond donors (Lipinski definition) is 2. The molecule has 0 saturated carbocycles. The first-order chi connectivity index (χ1) is 19.2. The number of hydrogen-bond acceptors (Lipinski definition) is 7. The standard InChI is InChI=1S/C31H44N4O5/c1-22(2)16-27(33-30(36)18-24-8-11-28-29(17-24)40-21-39-28)31(37)32-25-12-14-35(20-25)19-23-6-9-26(10-7-23)38-15-5-13-34(3)4/h6-11,17,22,25,27H,5,12-16,18-21H2,1-4H3,(H,32,37)(H,33,36)/t25-,27-/m0/s1.